The Morgan fingerprint density at radius 2 is 1.93 bits per heavy atom. The molecule has 0 spiro atoms. The molecular weight excluding hydrogens is 445 g/mol. The summed E-state index contributed by atoms with van der Waals surface area (Å²) in [6.45, 7) is 0. The summed E-state index contributed by atoms with van der Waals surface area (Å²) >= 11 is 13.4. The maximum absolute atomic E-state index is 12.6. The highest BCUT2D eigenvalue weighted by atomic mass is 35.5. The lowest BCUT2D eigenvalue weighted by Gasteiger charge is -2.15. The minimum Gasteiger partial charge on any atom is -0.349 e. The number of aromatic nitrogens is 3. The van der Waals surface area contributed by atoms with Crippen LogP contribution in [0.25, 0.3) is 5.65 Å². The molecular formula is C20H19Cl2N5O2S. The van der Waals surface area contributed by atoms with Gasteiger partial charge in [0.05, 0.1) is 27.0 Å². The second kappa shape index (κ2) is 9.24. The van der Waals surface area contributed by atoms with Crippen LogP contribution < -0.4 is 10.6 Å². The van der Waals surface area contributed by atoms with Crippen molar-refractivity contribution in [3.05, 3.63) is 52.1 Å². The minimum atomic E-state index is -0.258. The predicted molar refractivity (Wildman–Crippen MR) is 119 cm³/mol. The molecule has 0 atom stereocenters. The van der Waals surface area contributed by atoms with E-state index >= 15 is 0 Å². The van der Waals surface area contributed by atoms with Crippen molar-refractivity contribution >= 4 is 58.1 Å². The van der Waals surface area contributed by atoms with E-state index in [4.69, 9.17) is 23.2 Å². The molecule has 2 N–H and O–H groups in total. The number of thioether (sulfide) groups is 1. The van der Waals surface area contributed by atoms with Crippen LogP contribution >= 0.6 is 35.0 Å². The van der Waals surface area contributed by atoms with Crippen molar-refractivity contribution in [2.24, 2.45) is 0 Å². The van der Waals surface area contributed by atoms with Gasteiger partial charge in [-0.3, -0.25) is 14.0 Å². The molecule has 0 saturated heterocycles. The van der Waals surface area contributed by atoms with Gasteiger partial charge in [0, 0.05) is 12.2 Å². The zero-order valence-corrected chi connectivity index (χ0v) is 18.2. The second-order valence-electron chi connectivity index (χ2n) is 7.02. The number of halogens is 2. The standard InChI is InChI=1S/C20H19Cl2N5O2S/c21-12-9-15(22)18-25-26-20(27(18)10-12)30-11-17(28)24-16-8-4-3-7-14(16)19(29)23-13-5-1-2-6-13/h3-4,7-10,13H,1-2,5-6,11H2,(H,23,29)(H,24,28). The van der Waals surface area contributed by atoms with Gasteiger partial charge in [0.15, 0.2) is 10.8 Å². The number of carbonyl (C=O) groups is 2. The van der Waals surface area contributed by atoms with E-state index in [2.05, 4.69) is 20.8 Å². The lowest BCUT2D eigenvalue weighted by atomic mass is 10.1. The Hall–Kier alpha value is -2.29. The molecule has 4 rings (SSSR count). The van der Waals surface area contributed by atoms with Gasteiger partial charge in [0.25, 0.3) is 5.91 Å². The molecule has 2 amide bonds. The van der Waals surface area contributed by atoms with Crippen LogP contribution in [0.15, 0.2) is 41.7 Å². The molecule has 30 heavy (non-hydrogen) atoms. The summed E-state index contributed by atoms with van der Waals surface area (Å²) in [5.41, 5.74) is 1.41. The Balaban J connectivity index is 1.42. The van der Waals surface area contributed by atoms with E-state index < -0.39 is 0 Å². The van der Waals surface area contributed by atoms with Crippen LogP contribution in [-0.4, -0.2) is 38.2 Å². The first-order valence-corrected chi connectivity index (χ1v) is 11.3. The monoisotopic (exact) mass is 463 g/mol. The SMILES string of the molecule is O=C(CSc1nnc2c(Cl)cc(Cl)cn12)Nc1ccccc1C(=O)NC1CCCC1. The van der Waals surface area contributed by atoms with E-state index in [0.29, 0.717) is 32.1 Å². The second-order valence-corrected chi connectivity index (χ2v) is 8.81. The number of pyridine rings is 1. The molecule has 156 valence electrons. The molecule has 1 fully saturated rings. The van der Waals surface area contributed by atoms with E-state index in [1.165, 1.54) is 11.8 Å². The Morgan fingerprint density at radius 3 is 2.73 bits per heavy atom. The van der Waals surface area contributed by atoms with Gasteiger partial charge in [0.2, 0.25) is 5.91 Å². The molecule has 1 aliphatic carbocycles. The van der Waals surface area contributed by atoms with Gasteiger partial charge in [-0.2, -0.15) is 0 Å². The quantitative estimate of drug-likeness (QED) is 0.527. The van der Waals surface area contributed by atoms with Crippen LogP contribution in [0.5, 0.6) is 0 Å². The third-order valence-electron chi connectivity index (χ3n) is 4.86. The van der Waals surface area contributed by atoms with Crippen molar-refractivity contribution in [3.8, 4) is 0 Å². The van der Waals surface area contributed by atoms with Crippen LogP contribution in [0, 0.1) is 0 Å². The maximum Gasteiger partial charge on any atom is 0.253 e. The number of amides is 2. The number of hydrogen-bond acceptors (Lipinski definition) is 5. The number of fused-ring (bicyclic) bond motifs is 1. The summed E-state index contributed by atoms with van der Waals surface area (Å²) in [5, 5.41) is 15.3. The molecule has 1 aliphatic rings. The van der Waals surface area contributed by atoms with Crippen molar-refractivity contribution in [2.75, 3.05) is 11.1 Å². The van der Waals surface area contributed by atoms with Gasteiger partial charge in [0.1, 0.15) is 0 Å². The number of para-hydroxylation sites is 1. The summed E-state index contributed by atoms with van der Waals surface area (Å²) < 4.78 is 1.64. The molecule has 3 aromatic rings. The van der Waals surface area contributed by atoms with Crippen molar-refractivity contribution in [2.45, 2.75) is 36.9 Å². The molecule has 0 unspecified atom stereocenters. The van der Waals surface area contributed by atoms with Crippen molar-refractivity contribution in [1.82, 2.24) is 19.9 Å². The Bertz CT molecular complexity index is 1100. The van der Waals surface area contributed by atoms with E-state index in [9.17, 15) is 9.59 Å². The molecule has 10 heteroatoms. The number of benzene rings is 1. The highest BCUT2D eigenvalue weighted by Crippen LogP contribution is 2.26. The lowest BCUT2D eigenvalue weighted by Crippen LogP contribution is -2.33. The number of rotatable bonds is 6. The van der Waals surface area contributed by atoms with Gasteiger partial charge in [-0.1, -0.05) is 59.9 Å². The first kappa shape index (κ1) is 21.0. The molecule has 2 aromatic heterocycles. The van der Waals surface area contributed by atoms with Crippen LogP contribution in [-0.2, 0) is 4.79 Å². The maximum atomic E-state index is 12.6. The fourth-order valence-electron chi connectivity index (χ4n) is 3.44. The first-order chi connectivity index (χ1) is 14.5. The Labute approximate surface area is 187 Å². The van der Waals surface area contributed by atoms with Crippen molar-refractivity contribution < 1.29 is 9.59 Å². The fourth-order valence-corrected chi connectivity index (χ4v) is 4.66. The Morgan fingerprint density at radius 1 is 1.17 bits per heavy atom. The number of hydrogen-bond donors (Lipinski definition) is 2. The smallest absolute Gasteiger partial charge is 0.253 e. The summed E-state index contributed by atoms with van der Waals surface area (Å²) in [4.78, 5) is 25.2. The molecule has 7 nitrogen and oxygen atoms in total. The molecule has 0 radical (unpaired) electrons. The summed E-state index contributed by atoms with van der Waals surface area (Å²) in [6, 6.07) is 8.79. The van der Waals surface area contributed by atoms with Crippen LogP contribution in [0.3, 0.4) is 0 Å². The largest absolute Gasteiger partial charge is 0.349 e. The number of carbonyl (C=O) groups excluding carboxylic acids is 2. The molecule has 0 aliphatic heterocycles. The van der Waals surface area contributed by atoms with Crippen LogP contribution in [0.4, 0.5) is 5.69 Å². The molecule has 0 bridgehead atoms. The van der Waals surface area contributed by atoms with E-state index in [-0.39, 0.29) is 23.6 Å². The zero-order valence-electron chi connectivity index (χ0n) is 15.9. The van der Waals surface area contributed by atoms with Gasteiger partial charge in [-0.25, -0.2) is 0 Å². The lowest BCUT2D eigenvalue weighted by molar-refractivity contribution is -0.113. The zero-order chi connectivity index (χ0) is 21.1. The van der Waals surface area contributed by atoms with Gasteiger partial charge in [-0.05, 0) is 31.0 Å². The van der Waals surface area contributed by atoms with Crippen LogP contribution in [0.2, 0.25) is 10.0 Å². The van der Waals surface area contributed by atoms with Gasteiger partial charge < -0.3 is 10.6 Å². The highest BCUT2D eigenvalue weighted by molar-refractivity contribution is 7.99. The Kier molecular flexibility index (Phi) is 6.46. The number of anilines is 1. The predicted octanol–water partition coefficient (Wildman–Crippen LogP) is 4.44. The number of nitrogens with one attached hydrogen (secondary N) is 2. The normalized spacial score (nSPS) is 14.2. The van der Waals surface area contributed by atoms with Gasteiger partial charge in [-0.15, -0.1) is 10.2 Å². The first-order valence-electron chi connectivity index (χ1n) is 9.53. The minimum absolute atomic E-state index is 0.0868. The van der Waals surface area contributed by atoms with E-state index in [1.807, 2.05) is 0 Å². The number of nitrogens with zero attached hydrogens (tertiary/aromatic N) is 3. The third kappa shape index (κ3) is 4.71. The molecule has 1 aromatic carbocycles. The van der Waals surface area contributed by atoms with Crippen molar-refractivity contribution in [1.29, 1.82) is 0 Å². The molecule has 1 saturated carbocycles. The van der Waals surface area contributed by atoms with Gasteiger partial charge >= 0.3 is 0 Å². The highest BCUT2D eigenvalue weighted by Gasteiger charge is 2.20. The van der Waals surface area contributed by atoms with E-state index in [0.717, 1.165) is 25.7 Å². The average molecular weight is 464 g/mol. The fraction of sp³-hybridized carbons (Fsp3) is 0.300. The topological polar surface area (TPSA) is 88.4 Å². The average Bonchev–Trinajstić information content (AvgIpc) is 3.36. The van der Waals surface area contributed by atoms with Crippen LogP contribution in [0.1, 0.15) is 36.0 Å². The summed E-state index contributed by atoms with van der Waals surface area (Å²) in [5.74, 6) is -0.340. The molecule has 2 heterocycles. The van der Waals surface area contributed by atoms with E-state index in [1.54, 1.807) is 40.9 Å². The summed E-state index contributed by atoms with van der Waals surface area (Å²) in [7, 11) is 0. The third-order valence-corrected chi connectivity index (χ3v) is 6.29. The van der Waals surface area contributed by atoms with Crippen molar-refractivity contribution in [3.63, 3.8) is 0 Å². The summed E-state index contributed by atoms with van der Waals surface area (Å²) in [6.07, 6.45) is 5.91.